The molecular formula is C103H70F11IN12O4. The van der Waals surface area contributed by atoms with Gasteiger partial charge in [0.15, 0.2) is 58.2 Å². The van der Waals surface area contributed by atoms with E-state index in [0.29, 0.717) is 125 Å². The van der Waals surface area contributed by atoms with Gasteiger partial charge in [-0.05, 0) is 217 Å². The summed E-state index contributed by atoms with van der Waals surface area (Å²) >= 11 is 2.24. The number of benzene rings is 12. The number of fused-ring (bicyclic) bond motifs is 12. The van der Waals surface area contributed by atoms with Crippen molar-refractivity contribution in [1.29, 1.82) is 0 Å². The second kappa shape index (κ2) is 38.8. The highest BCUT2D eigenvalue weighted by Gasteiger charge is 2.32. The Morgan fingerprint density at radius 1 is 0.267 bits per heavy atom. The first-order valence-corrected chi connectivity index (χ1v) is 42.5. The van der Waals surface area contributed by atoms with Crippen LogP contribution in [0.2, 0.25) is 0 Å². The van der Waals surface area contributed by atoms with E-state index in [0.717, 1.165) is 99.7 Å². The Hall–Kier alpha value is -15.2. The molecule has 4 amide bonds. The van der Waals surface area contributed by atoms with Crippen LogP contribution in [-0.2, 0) is 85.0 Å². The van der Waals surface area contributed by atoms with Crippen LogP contribution in [0.5, 0.6) is 0 Å². The molecule has 0 saturated carbocycles. The molecular weight excluding hydrogens is 1810 g/mol. The average Bonchev–Trinajstić information content (AvgIpc) is 0.584. The largest absolute Gasteiger partial charge is 0.309 e. The standard InChI is InChI=1S/C26H15F6N3O.C26H18F3N3O.C26H19FIN3O.C25H18FN3O/c27-14-7-8-15-13(10-14)6-9-17-25(15)35-24(12-4-2-1-3-5-12)26(33-17)34-18(36)11-16-19(28)21(30)23(32)22(31)20(16)29;27-18-8-9-19-17(14-18)7-11-22-25(19)32-24(16-4-2-1-3-5-16)26(30-22)31-23(33)13-15-6-10-20(28)21(29)12-15;27-19-9-12-21-18(15-19)8-13-22-25(21)31-24(17-4-2-1-3-5-17)26(29-22)30-23(32)14-16-6-10-20(28)11-7-16;26-19-12-13-20-18(15-19)11-14-21-23(20)28-22(16-7-3-1-4-8-16)24(27-21)29-25(30)17-9-5-2-6-10-17/h1-5,7-8,10H,6,9,11H2,(H,33,34,36);1-6,8-10,12,14H,7,11,13H2,(H,30,31,33);1-7,9-12,15H,8,13-14H2,(H,29,30,32);1-10,12-13,15H,11,14H2,(H,27,29,30). The minimum atomic E-state index is -2.30. The first kappa shape index (κ1) is 87.9. The van der Waals surface area contributed by atoms with Crippen molar-refractivity contribution in [3.05, 3.63) is 402 Å². The molecule has 4 heterocycles. The van der Waals surface area contributed by atoms with Crippen LogP contribution >= 0.6 is 22.6 Å². The van der Waals surface area contributed by atoms with Crippen LogP contribution in [0.15, 0.2) is 267 Å². The molecule has 0 radical (unpaired) electrons. The van der Waals surface area contributed by atoms with E-state index in [4.69, 9.17) is 29.9 Å². The predicted molar refractivity (Wildman–Crippen MR) is 484 cm³/mol. The summed E-state index contributed by atoms with van der Waals surface area (Å²) in [6.45, 7) is 0. The molecule has 650 valence electrons. The molecule has 16 aromatic rings. The molecule has 4 aromatic heterocycles. The molecule has 4 aliphatic rings. The van der Waals surface area contributed by atoms with Gasteiger partial charge < -0.3 is 21.3 Å². The summed E-state index contributed by atoms with van der Waals surface area (Å²) in [6.07, 6.45) is 3.67. The molecule has 0 spiro atoms. The van der Waals surface area contributed by atoms with Crippen molar-refractivity contribution in [2.75, 3.05) is 21.3 Å². The van der Waals surface area contributed by atoms with Crippen LogP contribution in [0.25, 0.3) is 90.1 Å². The molecule has 0 fully saturated rings. The van der Waals surface area contributed by atoms with Crippen molar-refractivity contribution < 1.29 is 67.5 Å². The third-order valence-electron chi connectivity index (χ3n) is 22.2. The number of hydrogen-bond acceptors (Lipinski definition) is 12. The van der Waals surface area contributed by atoms with Crippen molar-refractivity contribution in [2.24, 2.45) is 0 Å². The fraction of sp³-hybridized carbons (Fsp3) is 0.107. The van der Waals surface area contributed by atoms with E-state index in [1.54, 1.807) is 78.9 Å². The summed E-state index contributed by atoms with van der Waals surface area (Å²) in [4.78, 5) is 89.2. The summed E-state index contributed by atoms with van der Waals surface area (Å²) in [5, 5.41) is 11.1. The normalized spacial score (nSPS) is 12.1. The highest BCUT2D eigenvalue weighted by molar-refractivity contribution is 14.1. The quantitative estimate of drug-likeness (QED) is 0.0326. The summed E-state index contributed by atoms with van der Waals surface area (Å²) < 4.78 is 151. The van der Waals surface area contributed by atoms with Gasteiger partial charge in [0, 0.05) is 59.2 Å². The molecule has 12 aromatic carbocycles. The summed E-state index contributed by atoms with van der Waals surface area (Å²) in [5.74, 6) is -14.6. The maximum atomic E-state index is 14.1. The maximum Gasteiger partial charge on any atom is 0.256 e. The predicted octanol–water partition coefficient (Wildman–Crippen LogP) is 22.6. The molecule has 16 nitrogen and oxygen atoms in total. The molecule has 0 bridgehead atoms. The number of aryl methyl sites for hydroxylation is 8. The number of anilines is 4. The van der Waals surface area contributed by atoms with E-state index in [2.05, 4.69) is 53.8 Å². The van der Waals surface area contributed by atoms with Crippen LogP contribution in [0.1, 0.15) is 72.1 Å². The van der Waals surface area contributed by atoms with Crippen molar-refractivity contribution >= 4 is 69.5 Å². The van der Waals surface area contributed by atoms with Crippen LogP contribution in [0.3, 0.4) is 0 Å². The van der Waals surface area contributed by atoms with Gasteiger partial charge in [0.2, 0.25) is 23.5 Å². The van der Waals surface area contributed by atoms with Gasteiger partial charge in [0.05, 0.1) is 64.8 Å². The SMILES string of the molecule is O=C(Cc1c(F)c(F)c(F)c(F)c1F)Nc1nc2c(nc1-c1ccccc1)-c1ccc(F)cc1CC2.O=C(Cc1ccc(F)c(F)c1)Nc1nc2c(nc1-c1ccccc1)-c1ccc(F)cc1CC2.O=C(Cc1ccc(I)cc1)Nc1nc2c(nc1-c1ccccc1)-c1ccc(F)cc1CC2.O=C(Nc1nc2c(nc1-c1ccccc1)-c1ccc(F)cc1CC2)c1ccccc1. The highest BCUT2D eigenvalue weighted by atomic mass is 127. The minimum Gasteiger partial charge on any atom is -0.309 e. The monoisotopic (exact) mass is 1870 g/mol. The first-order chi connectivity index (χ1) is 63.5. The summed E-state index contributed by atoms with van der Waals surface area (Å²) in [5.41, 5.74) is 17.7. The molecule has 0 saturated heterocycles. The molecule has 0 atom stereocenters. The van der Waals surface area contributed by atoms with E-state index in [9.17, 15) is 67.5 Å². The van der Waals surface area contributed by atoms with Crippen LogP contribution in [-0.4, -0.2) is 63.5 Å². The van der Waals surface area contributed by atoms with E-state index in [1.807, 2.05) is 133 Å². The first-order valence-electron chi connectivity index (χ1n) is 41.4. The Kier molecular flexibility index (Phi) is 26.0. The molecule has 0 unspecified atom stereocenters. The molecule has 28 heteroatoms. The zero-order valence-corrected chi connectivity index (χ0v) is 71.1. The zero-order valence-electron chi connectivity index (χ0n) is 68.9. The van der Waals surface area contributed by atoms with E-state index >= 15 is 0 Å². The van der Waals surface area contributed by atoms with E-state index < -0.39 is 64.5 Å². The number of hydrogen-bond donors (Lipinski definition) is 4. The van der Waals surface area contributed by atoms with Gasteiger partial charge in [-0.1, -0.05) is 158 Å². The number of nitrogens with zero attached hydrogens (tertiary/aromatic N) is 8. The number of rotatable bonds is 15. The lowest BCUT2D eigenvalue weighted by molar-refractivity contribution is -0.116. The Morgan fingerprint density at radius 2 is 0.557 bits per heavy atom. The number of carbonyl (C=O) groups is 4. The highest BCUT2D eigenvalue weighted by Crippen LogP contribution is 2.42. The number of carbonyl (C=O) groups excluding carboxylic acids is 4. The van der Waals surface area contributed by atoms with Crippen molar-refractivity contribution in [3.8, 4) is 90.1 Å². The van der Waals surface area contributed by atoms with Crippen molar-refractivity contribution in [2.45, 2.75) is 70.6 Å². The summed E-state index contributed by atoms with van der Waals surface area (Å²) in [7, 11) is 0. The second-order valence-electron chi connectivity index (χ2n) is 31.0. The smallest absolute Gasteiger partial charge is 0.256 e. The Bertz CT molecular complexity index is 7110. The second-order valence-corrected chi connectivity index (χ2v) is 32.2. The third kappa shape index (κ3) is 19.8. The number of halogens is 12. The minimum absolute atomic E-state index is 0.0422. The lowest BCUT2D eigenvalue weighted by Crippen LogP contribution is -2.21. The lowest BCUT2D eigenvalue weighted by atomic mass is 9.91. The maximum absolute atomic E-state index is 14.1. The zero-order chi connectivity index (χ0) is 91.1. The van der Waals surface area contributed by atoms with Gasteiger partial charge >= 0.3 is 0 Å². The van der Waals surface area contributed by atoms with Crippen LogP contribution in [0.4, 0.5) is 71.6 Å². The lowest BCUT2D eigenvalue weighted by Gasteiger charge is -2.21. The molecule has 20 rings (SSSR count). The topological polar surface area (TPSA) is 220 Å². The number of nitrogens with one attached hydrogen (secondary N) is 4. The molecule has 0 aliphatic heterocycles. The van der Waals surface area contributed by atoms with Gasteiger partial charge in [-0.2, -0.15) is 0 Å². The molecule has 4 aliphatic carbocycles. The van der Waals surface area contributed by atoms with Crippen molar-refractivity contribution in [3.63, 3.8) is 0 Å². The van der Waals surface area contributed by atoms with Gasteiger partial charge in [-0.25, -0.2) is 88.2 Å². The van der Waals surface area contributed by atoms with Gasteiger partial charge in [-0.15, -0.1) is 0 Å². The Balaban J connectivity index is 0.000000122. The third-order valence-corrected chi connectivity index (χ3v) is 22.9. The molecule has 4 N–H and O–H groups in total. The van der Waals surface area contributed by atoms with Gasteiger partial charge in [-0.3, -0.25) is 19.2 Å². The Morgan fingerprint density at radius 3 is 0.885 bits per heavy atom. The average molecular weight is 1880 g/mol. The number of amides is 4. The number of aromatic nitrogens is 8. The summed E-state index contributed by atoms with van der Waals surface area (Å²) in [6, 6.07) is 75.9. The fourth-order valence-electron chi connectivity index (χ4n) is 15.9. The van der Waals surface area contributed by atoms with Gasteiger partial charge in [0.25, 0.3) is 5.91 Å². The van der Waals surface area contributed by atoms with Gasteiger partial charge in [0.1, 0.15) is 46.0 Å². The van der Waals surface area contributed by atoms with Crippen LogP contribution < -0.4 is 21.3 Å². The molecule has 131 heavy (non-hydrogen) atoms. The van der Waals surface area contributed by atoms with Crippen molar-refractivity contribution in [1.82, 2.24) is 39.9 Å². The Labute approximate surface area is 755 Å². The van der Waals surface area contributed by atoms with E-state index in [-0.39, 0.29) is 65.3 Å². The van der Waals surface area contributed by atoms with E-state index in [1.165, 1.54) is 42.5 Å². The fourth-order valence-corrected chi connectivity index (χ4v) is 16.2. The van der Waals surface area contributed by atoms with Crippen LogP contribution in [0, 0.1) is 67.6 Å².